The van der Waals surface area contributed by atoms with Crippen molar-refractivity contribution < 1.29 is 24.5 Å². The molecule has 0 atom stereocenters. The van der Waals surface area contributed by atoms with Crippen LogP contribution in [0.1, 0.15) is 73.6 Å². The Morgan fingerprint density at radius 2 is 1.30 bits per heavy atom. The molecular formula is C18H34O5. The van der Waals surface area contributed by atoms with Crippen LogP contribution in [-0.4, -0.2) is 35.4 Å². The maximum atomic E-state index is 11.3. The van der Waals surface area contributed by atoms with Gasteiger partial charge in [0.25, 0.3) is 0 Å². The lowest BCUT2D eigenvalue weighted by Crippen LogP contribution is -2.39. The molecule has 0 saturated carbocycles. The third kappa shape index (κ3) is 6.90. The van der Waals surface area contributed by atoms with E-state index in [1.165, 1.54) is 0 Å². The predicted molar refractivity (Wildman–Crippen MR) is 90.5 cm³/mol. The molecule has 0 fully saturated rings. The van der Waals surface area contributed by atoms with E-state index in [-0.39, 0.29) is 5.41 Å². The number of carbonyl (C=O) groups is 2. The fourth-order valence-electron chi connectivity index (χ4n) is 2.20. The summed E-state index contributed by atoms with van der Waals surface area (Å²) in [5, 5.41) is 18.3. The van der Waals surface area contributed by atoms with Crippen LogP contribution in [0.15, 0.2) is 0 Å². The number of unbranched alkanes of at least 4 members (excludes halogenated alkanes) is 1. The van der Waals surface area contributed by atoms with E-state index in [4.69, 9.17) is 9.84 Å². The first-order valence-corrected chi connectivity index (χ1v) is 8.39. The zero-order chi connectivity index (χ0) is 18.3. The summed E-state index contributed by atoms with van der Waals surface area (Å²) in [4.78, 5) is 22.3. The molecular weight excluding hydrogens is 296 g/mol. The van der Waals surface area contributed by atoms with Gasteiger partial charge in [0.15, 0.2) is 0 Å². The average molecular weight is 330 g/mol. The Hall–Kier alpha value is -1.10. The van der Waals surface area contributed by atoms with Crippen LogP contribution >= 0.6 is 0 Å². The van der Waals surface area contributed by atoms with E-state index in [0.717, 1.165) is 25.7 Å². The second-order valence-electron chi connectivity index (χ2n) is 8.18. The summed E-state index contributed by atoms with van der Waals surface area (Å²) >= 11 is 0. The van der Waals surface area contributed by atoms with Crippen LogP contribution in [0, 0.1) is 16.2 Å². The van der Waals surface area contributed by atoms with Gasteiger partial charge in [-0.3, -0.25) is 9.59 Å². The van der Waals surface area contributed by atoms with Crippen molar-refractivity contribution in [2.45, 2.75) is 73.6 Å². The second-order valence-corrected chi connectivity index (χ2v) is 8.18. The Bertz CT molecular complexity index is 396. The maximum absolute atomic E-state index is 11.3. The summed E-state index contributed by atoms with van der Waals surface area (Å²) < 4.78 is 5.58. The Morgan fingerprint density at radius 1 is 0.783 bits per heavy atom. The molecule has 23 heavy (non-hydrogen) atoms. The van der Waals surface area contributed by atoms with Crippen molar-refractivity contribution in [2.75, 3.05) is 13.2 Å². The second kappa shape index (κ2) is 8.67. The van der Waals surface area contributed by atoms with Gasteiger partial charge in [0.1, 0.15) is 0 Å². The summed E-state index contributed by atoms with van der Waals surface area (Å²) in [6.45, 7) is 12.2. The molecule has 0 aromatic heterocycles. The number of hydrogen-bond acceptors (Lipinski definition) is 3. The van der Waals surface area contributed by atoms with Gasteiger partial charge in [0.05, 0.1) is 10.8 Å². The molecule has 5 heteroatoms. The summed E-state index contributed by atoms with van der Waals surface area (Å²) in [5.74, 6) is -1.54. The van der Waals surface area contributed by atoms with E-state index in [1.54, 1.807) is 27.7 Å². The molecule has 0 aromatic rings. The Balaban J connectivity index is 3.87. The number of aliphatic carboxylic acids is 2. The monoisotopic (exact) mass is 330 g/mol. The summed E-state index contributed by atoms with van der Waals surface area (Å²) in [6.07, 6.45) is 3.94. The van der Waals surface area contributed by atoms with Crippen LogP contribution in [0.4, 0.5) is 0 Å². The highest BCUT2D eigenvalue weighted by molar-refractivity contribution is 5.74. The molecule has 136 valence electrons. The molecule has 0 aliphatic heterocycles. The molecule has 0 saturated heterocycles. The average Bonchev–Trinajstić information content (AvgIpc) is 2.40. The highest BCUT2D eigenvalue weighted by Gasteiger charge is 2.42. The molecule has 0 unspecified atom stereocenters. The van der Waals surface area contributed by atoms with Crippen LogP contribution in [0.5, 0.6) is 0 Å². The maximum Gasteiger partial charge on any atom is 0.309 e. The molecule has 0 radical (unpaired) electrons. The molecule has 0 aliphatic carbocycles. The van der Waals surface area contributed by atoms with Crippen LogP contribution in [0.3, 0.4) is 0 Å². The first-order valence-electron chi connectivity index (χ1n) is 8.39. The Labute approximate surface area is 140 Å². The fourth-order valence-corrected chi connectivity index (χ4v) is 2.20. The fraction of sp³-hybridized carbons (Fsp3) is 0.889. The molecule has 5 nitrogen and oxygen atoms in total. The molecule has 0 spiro atoms. The first kappa shape index (κ1) is 21.9. The van der Waals surface area contributed by atoms with E-state index in [2.05, 4.69) is 0 Å². The van der Waals surface area contributed by atoms with Crippen LogP contribution in [0.25, 0.3) is 0 Å². The van der Waals surface area contributed by atoms with Gasteiger partial charge in [-0.2, -0.15) is 0 Å². The molecule has 0 aromatic carbocycles. The minimum Gasteiger partial charge on any atom is -0.481 e. The van der Waals surface area contributed by atoms with Crippen molar-refractivity contribution >= 4 is 11.9 Å². The lowest BCUT2D eigenvalue weighted by atomic mass is 9.65. The van der Waals surface area contributed by atoms with Gasteiger partial charge in [0, 0.05) is 13.2 Å². The Morgan fingerprint density at radius 3 is 1.78 bits per heavy atom. The highest BCUT2D eigenvalue weighted by Crippen LogP contribution is 2.42. The van der Waals surface area contributed by atoms with E-state index in [1.807, 2.05) is 13.8 Å². The summed E-state index contributed by atoms with van der Waals surface area (Å²) in [7, 11) is 0. The van der Waals surface area contributed by atoms with Crippen molar-refractivity contribution in [1.29, 1.82) is 0 Å². The Kier molecular flexibility index (Phi) is 8.25. The molecule has 0 bridgehead atoms. The lowest BCUT2D eigenvalue weighted by molar-refractivity contribution is -0.154. The molecule has 0 aliphatic rings. The SMILES string of the molecule is CC(C)(CCCCOCCCC(C)(C)C(C)(C)C(=O)O)C(=O)O. The van der Waals surface area contributed by atoms with Gasteiger partial charge < -0.3 is 14.9 Å². The van der Waals surface area contributed by atoms with Crippen LogP contribution in [-0.2, 0) is 14.3 Å². The highest BCUT2D eigenvalue weighted by atomic mass is 16.5. The van der Waals surface area contributed by atoms with Crippen molar-refractivity contribution in [3.63, 3.8) is 0 Å². The van der Waals surface area contributed by atoms with Gasteiger partial charge in [-0.25, -0.2) is 0 Å². The standard InChI is InChI=1S/C18H34O5/c1-16(2,14(19)20)10-7-8-12-23-13-9-11-17(3,4)18(5,6)15(21)22/h7-13H2,1-6H3,(H,19,20)(H,21,22). The smallest absolute Gasteiger partial charge is 0.309 e. The number of ether oxygens (including phenoxy) is 1. The molecule has 2 N–H and O–H groups in total. The largest absolute Gasteiger partial charge is 0.481 e. The predicted octanol–water partition coefficient (Wildman–Crippen LogP) is 4.20. The van der Waals surface area contributed by atoms with E-state index in [0.29, 0.717) is 19.6 Å². The van der Waals surface area contributed by atoms with E-state index >= 15 is 0 Å². The van der Waals surface area contributed by atoms with Gasteiger partial charge >= 0.3 is 11.9 Å². The van der Waals surface area contributed by atoms with Crippen LogP contribution in [0.2, 0.25) is 0 Å². The molecule has 0 amide bonds. The lowest BCUT2D eigenvalue weighted by Gasteiger charge is -2.38. The van der Waals surface area contributed by atoms with Crippen molar-refractivity contribution in [3.05, 3.63) is 0 Å². The van der Waals surface area contributed by atoms with Gasteiger partial charge in [0.2, 0.25) is 0 Å². The molecule has 0 rings (SSSR count). The zero-order valence-corrected chi connectivity index (χ0v) is 15.6. The van der Waals surface area contributed by atoms with Gasteiger partial charge in [-0.05, 0) is 58.8 Å². The van der Waals surface area contributed by atoms with Crippen molar-refractivity contribution in [1.82, 2.24) is 0 Å². The minimum absolute atomic E-state index is 0.298. The van der Waals surface area contributed by atoms with E-state index < -0.39 is 22.8 Å². The normalized spacial score (nSPS) is 13.1. The van der Waals surface area contributed by atoms with Gasteiger partial charge in [-0.1, -0.05) is 20.3 Å². The third-order valence-electron chi connectivity index (χ3n) is 5.24. The number of rotatable bonds is 12. The number of carboxylic acids is 2. The van der Waals surface area contributed by atoms with Crippen LogP contribution < -0.4 is 0 Å². The zero-order valence-electron chi connectivity index (χ0n) is 15.6. The third-order valence-corrected chi connectivity index (χ3v) is 5.24. The van der Waals surface area contributed by atoms with Gasteiger partial charge in [-0.15, -0.1) is 0 Å². The minimum atomic E-state index is -0.774. The summed E-state index contributed by atoms with van der Waals surface area (Å²) in [5.41, 5.74) is -1.74. The van der Waals surface area contributed by atoms with Crippen molar-refractivity contribution in [3.8, 4) is 0 Å². The first-order chi connectivity index (χ1) is 10.3. The van der Waals surface area contributed by atoms with E-state index in [9.17, 15) is 14.7 Å². The quantitative estimate of drug-likeness (QED) is 0.524. The molecule has 0 heterocycles. The summed E-state index contributed by atoms with van der Waals surface area (Å²) in [6, 6.07) is 0. The number of carboxylic acid groups (broad SMARTS) is 2. The number of hydrogen-bond donors (Lipinski definition) is 2. The topological polar surface area (TPSA) is 83.8 Å². The van der Waals surface area contributed by atoms with Crippen molar-refractivity contribution in [2.24, 2.45) is 16.2 Å².